The van der Waals surface area contributed by atoms with E-state index in [1.807, 2.05) is 29.9 Å². The number of piperidine rings is 1. The molecule has 2 fully saturated rings. The van der Waals surface area contributed by atoms with E-state index in [0.717, 1.165) is 49.8 Å². The maximum atomic E-state index is 14.5. The number of pyridine rings is 1. The van der Waals surface area contributed by atoms with Crippen LogP contribution in [0.1, 0.15) is 48.7 Å². The Hall–Kier alpha value is -3.50. The lowest BCUT2D eigenvalue weighted by Gasteiger charge is -2.39. The monoisotopic (exact) mass is 505 g/mol. The fraction of sp³-hybridized carbons (Fsp3) is 0.444. The Balaban J connectivity index is 1.23. The number of anilines is 2. The van der Waals surface area contributed by atoms with Crippen molar-refractivity contribution in [3.63, 3.8) is 0 Å². The number of nitrogens with zero attached hydrogens (tertiary/aromatic N) is 5. The number of hydrogen-bond donors (Lipinski definition) is 3. The van der Waals surface area contributed by atoms with Crippen LogP contribution in [0.4, 0.5) is 15.8 Å². The van der Waals surface area contributed by atoms with E-state index in [0.29, 0.717) is 41.1 Å². The van der Waals surface area contributed by atoms with E-state index in [-0.39, 0.29) is 17.7 Å². The Morgan fingerprint density at radius 3 is 2.68 bits per heavy atom. The summed E-state index contributed by atoms with van der Waals surface area (Å²) in [6.45, 7) is 6.33. The minimum absolute atomic E-state index is 0.145. The van der Waals surface area contributed by atoms with Crippen molar-refractivity contribution in [1.29, 1.82) is 0 Å². The number of rotatable bonds is 6. The molecule has 194 valence electrons. The predicted octanol–water partition coefficient (Wildman–Crippen LogP) is 3.49. The SMILES string of the molecule is CCn1cc2c(N3CCC(N[C@H]4C[C@H](O)C4)CC3)ccc(C(=O)Nc3cc(F)c4nc(C)cn4c3)c2n1. The van der Waals surface area contributed by atoms with Crippen molar-refractivity contribution in [1.82, 2.24) is 24.5 Å². The summed E-state index contributed by atoms with van der Waals surface area (Å²) in [6.07, 6.45) is 9.00. The standard InChI is InChI=1S/C27H32FN7O2/c1-3-35-15-22-24(33-8-6-17(7-9-33)30-18-10-20(36)11-18)5-4-21(25(22)32-35)27(37)31-19-12-23(28)26-29-16(2)13-34(26)14-19/h4-5,12-15,17-18,20,30,36H,3,6-11H2,1-2H3,(H,31,37)/t18-,20-. The first kappa shape index (κ1) is 23.9. The van der Waals surface area contributed by atoms with Crippen LogP contribution >= 0.6 is 0 Å². The highest BCUT2D eigenvalue weighted by Crippen LogP contribution is 2.32. The van der Waals surface area contributed by atoms with Gasteiger partial charge in [-0.3, -0.25) is 9.48 Å². The van der Waals surface area contributed by atoms with Crippen LogP contribution in [0.15, 0.2) is 36.8 Å². The number of aromatic nitrogens is 4. The van der Waals surface area contributed by atoms with Crippen molar-refractivity contribution < 1.29 is 14.3 Å². The van der Waals surface area contributed by atoms with E-state index in [1.54, 1.807) is 23.7 Å². The molecule has 1 aromatic carbocycles. The van der Waals surface area contributed by atoms with Gasteiger partial charge in [0.15, 0.2) is 11.5 Å². The van der Waals surface area contributed by atoms with Gasteiger partial charge in [0.25, 0.3) is 5.91 Å². The predicted molar refractivity (Wildman–Crippen MR) is 141 cm³/mol. The molecule has 4 heterocycles. The molecule has 0 bridgehead atoms. The highest BCUT2D eigenvalue weighted by Gasteiger charge is 2.31. The highest BCUT2D eigenvalue weighted by atomic mass is 19.1. The molecule has 2 aliphatic rings. The number of benzene rings is 1. The third-order valence-electron chi connectivity index (χ3n) is 7.57. The number of carbonyl (C=O) groups excluding carboxylic acids is 1. The van der Waals surface area contributed by atoms with E-state index < -0.39 is 5.82 Å². The average Bonchev–Trinajstić information content (AvgIpc) is 3.46. The zero-order valence-corrected chi connectivity index (χ0v) is 21.1. The summed E-state index contributed by atoms with van der Waals surface area (Å²) >= 11 is 0. The van der Waals surface area contributed by atoms with Gasteiger partial charge in [-0.05, 0) is 51.7 Å². The fourth-order valence-electron chi connectivity index (χ4n) is 5.55. The Morgan fingerprint density at radius 1 is 1.16 bits per heavy atom. The van der Waals surface area contributed by atoms with E-state index >= 15 is 0 Å². The van der Waals surface area contributed by atoms with Gasteiger partial charge in [-0.25, -0.2) is 9.37 Å². The summed E-state index contributed by atoms with van der Waals surface area (Å²) in [6, 6.07) is 6.00. The van der Waals surface area contributed by atoms with Gasteiger partial charge >= 0.3 is 0 Å². The van der Waals surface area contributed by atoms with Crippen molar-refractivity contribution in [3.05, 3.63) is 53.9 Å². The van der Waals surface area contributed by atoms with Gasteiger partial charge < -0.3 is 25.0 Å². The molecule has 0 radical (unpaired) electrons. The first-order chi connectivity index (χ1) is 17.9. The van der Waals surface area contributed by atoms with Crippen LogP contribution in [0.5, 0.6) is 0 Å². The minimum atomic E-state index is -0.493. The molecule has 0 unspecified atom stereocenters. The van der Waals surface area contributed by atoms with Gasteiger partial charge in [-0.15, -0.1) is 0 Å². The second-order valence-corrected chi connectivity index (χ2v) is 10.3. The Kier molecular flexibility index (Phi) is 6.08. The van der Waals surface area contributed by atoms with Gasteiger partial charge in [0.2, 0.25) is 0 Å². The second kappa shape index (κ2) is 9.42. The third-order valence-corrected chi connectivity index (χ3v) is 7.57. The Morgan fingerprint density at radius 2 is 1.95 bits per heavy atom. The Bertz CT molecular complexity index is 1460. The van der Waals surface area contributed by atoms with Gasteiger partial charge in [0, 0.05) is 67.4 Å². The molecule has 0 spiro atoms. The normalized spacial score (nSPS) is 20.5. The molecular formula is C27H32FN7O2. The quantitative estimate of drug-likeness (QED) is 0.371. The molecule has 1 saturated carbocycles. The van der Waals surface area contributed by atoms with Crippen LogP contribution in [0.2, 0.25) is 0 Å². The topological polar surface area (TPSA) is 99.7 Å². The number of halogens is 1. The summed E-state index contributed by atoms with van der Waals surface area (Å²) in [4.78, 5) is 19.9. The van der Waals surface area contributed by atoms with Gasteiger partial charge in [0.1, 0.15) is 5.52 Å². The van der Waals surface area contributed by atoms with Crippen molar-refractivity contribution in [2.45, 2.75) is 64.3 Å². The van der Waals surface area contributed by atoms with E-state index in [4.69, 9.17) is 5.10 Å². The molecule has 6 rings (SSSR count). The lowest BCUT2D eigenvalue weighted by atomic mass is 9.88. The summed E-state index contributed by atoms with van der Waals surface area (Å²) in [5.74, 6) is -0.827. The van der Waals surface area contributed by atoms with Crippen LogP contribution in [0, 0.1) is 12.7 Å². The molecule has 37 heavy (non-hydrogen) atoms. The molecule has 1 aliphatic carbocycles. The number of carbonyl (C=O) groups is 1. The van der Waals surface area contributed by atoms with Crippen LogP contribution in [0.3, 0.4) is 0 Å². The average molecular weight is 506 g/mol. The lowest BCUT2D eigenvalue weighted by Crippen LogP contribution is -2.51. The molecular weight excluding hydrogens is 473 g/mol. The Labute approximate surface area is 214 Å². The molecule has 0 atom stereocenters. The van der Waals surface area contributed by atoms with E-state index in [1.165, 1.54) is 6.07 Å². The van der Waals surface area contributed by atoms with Crippen LogP contribution in [-0.4, -0.2) is 61.5 Å². The van der Waals surface area contributed by atoms with Gasteiger partial charge in [-0.1, -0.05) is 0 Å². The summed E-state index contributed by atoms with van der Waals surface area (Å²) < 4.78 is 18.0. The first-order valence-electron chi connectivity index (χ1n) is 13.0. The minimum Gasteiger partial charge on any atom is -0.393 e. The van der Waals surface area contributed by atoms with Crippen molar-refractivity contribution >= 4 is 33.8 Å². The number of aliphatic hydroxyl groups is 1. The third kappa shape index (κ3) is 4.55. The molecule has 9 nitrogen and oxygen atoms in total. The molecule has 1 saturated heterocycles. The fourth-order valence-corrected chi connectivity index (χ4v) is 5.55. The zero-order chi connectivity index (χ0) is 25.7. The number of hydrogen-bond acceptors (Lipinski definition) is 6. The van der Waals surface area contributed by atoms with Crippen LogP contribution < -0.4 is 15.5 Å². The molecule has 10 heteroatoms. The first-order valence-corrected chi connectivity index (χ1v) is 13.0. The van der Waals surface area contributed by atoms with E-state index in [9.17, 15) is 14.3 Å². The van der Waals surface area contributed by atoms with Crippen molar-refractivity contribution in [2.24, 2.45) is 0 Å². The number of fused-ring (bicyclic) bond motifs is 2. The number of aliphatic hydroxyl groups excluding tert-OH is 1. The maximum Gasteiger partial charge on any atom is 0.257 e. The number of aryl methyl sites for hydroxylation is 2. The number of imidazole rings is 1. The maximum absolute atomic E-state index is 14.5. The number of amides is 1. The molecule has 4 aromatic rings. The molecule has 3 aromatic heterocycles. The summed E-state index contributed by atoms with van der Waals surface area (Å²) in [5, 5.41) is 21.7. The van der Waals surface area contributed by atoms with Crippen molar-refractivity contribution in [3.8, 4) is 0 Å². The highest BCUT2D eigenvalue weighted by molar-refractivity contribution is 6.13. The summed E-state index contributed by atoms with van der Waals surface area (Å²) in [5.41, 5.74) is 3.45. The number of nitrogens with one attached hydrogen (secondary N) is 2. The van der Waals surface area contributed by atoms with Crippen molar-refractivity contribution in [2.75, 3.05) is 23.3 Å². The van der Waals surface area contributed by atoms with E-state index in [2.05, 4.69) is 20.5 Å². The molecule has 1 amide bonds. The zero-order valence-electron chi connectivity index (χ0n) is 21.1. The smallest absolute Gasteiger partial charge is 0.257 e. The summed E-state index contributed by atoms with van der Waals surface area (Å²) in [7, 11) is 0. The lowest BCUT2D eigenvalue weighted by molar-refractivity contribution is 0.0562. The van der Waals surface area contributed by atoms with Crippen LogP contribution in [-0.2, 0) is 6.54 Å². The van der Waals surface area contributed by atoms with Gasteiger partial charge in [-0.2, -0.15) is 5.10 Å². The molecule has 3 N–H and O–H groups in total. The van der Waals surface area contributed by atoms with Gasteiger partial charge in [0.05, 0.1) is 23.0 Å². The second-order valence-electron chi connectivity index (χ2n) is 10.3. The largest absolute Gasteiger partial charge is 0.393 e. The van der Waals surface area contributed by atoms with Crippen LogP contribution in [0.25, 0.3) is 16.6 Å². The molecule has 1 aliphatic heterocycles.